The van der Waals surface area contributed by atoms with Gasteiger partial charge in [-0.25, -0.2) is 0 Å². The van der Waals surface area contributed by atoms with E-state index >= 15 is 0 Å². The van der Waals surface area contributed by atoms with Gasteiger partial charge in [0.2, 0.25) is 0 Å². The molecular weight excluding hydrogens is 210 g/mol. The van der Waals surface area contributed by atoms with E-state index in [9.17, 15) is 0 Å². The van der Waals surface area contributed by atoms with Crippen LogP contribution in [0.4, 0.5) is 0 Å². The molecular formula is C15H23NO. The van der Waals surface area contributed by atoms with Gasteiger partial charge in [0.1, 0.15) is 11.4 Å². The van der Waals surface area contributed by atoms with Gasteiger partial charge in [-0.1, -0.05) is 19.1 Å². The van der Waals surface area contributed by atoms with Crippen LogP contribution >= 0.6 is 0 Å². The molecule has 2 nitrogen and oxygen atoms in total. The van der Waals surface area contributed by atoms with Crippen LogP contribution in [-0.2, 0) is 6.42 Å². The molecule has 0 atom stereocenters. The van der Waals surface area contributed by atoms with E-state index < -0.39 is 0 Å². The fraction of sp³-hybridized carbons (Fsp3) is 0.600. The third-order valence-electron chi connectivity index (χ3n) is 3.74. The van der Waals surface area contributed by atoms with Gasteiger partial charge < -0.3 is 10.1 Å². The molecule has 0 radical (unpaired) electrons. The molecule has 2 rings (SSSR count). The van der Waals surface area contributed by atoms with Gasteiger partial charge in [-0.2, -0.15) is 0 Å². The molecule has 1 aromatic rings. The molecule has 1 aliphatic carbocycles. The SMILES string of the molecule is CCc1cccc(OC2(CCNC)CCC2)c1. The summed E-state index contributed by atoms with van der Waals surface area (Å²) < 4.78 is 6.24. The lowest BCUT2D eigenvalue weighted by Crippen LogP contribution is -2.45. The highest BCUT2D eigenvalue weighted by Gasteiger charge is 2.38. The molecule has 1 fully saturated rings. The summed E-state index contributed by atoms with van der Waals surface area (Å²) in [6.07, 6.45) is 5.88. The number of hydrogen-bond donors (Lipinski definition) is 1. The van der Waals surface area contributed by atoms with Crippen LogP contribution in [0.15, 0.2) is 24.3 Å². The van der Waals surface area contributed by atoms with Gasteiger partial charge in [0, 0.05) is 0 Å². The summed E-state index contributed by atoms with van der Waals surface area (Å²) in [4.78, 5) is 0. The zero-order valence-electron chi connectivity index (χ0n) is 11.0. The molecule has 1 saturated carbocycles. The van der Waals surface area contributed by atoms with E-state index in [2.05, 4.69) is 36.5 Å². The highest BCUT2D eigenvalue weighted by atomic mass is 16.5. The normalized spacial score (nSPS) is 17.5. The minimum atomic E-state index is 0.107. The predicted molar refractivity (Wildman–Crippen MR) is 71.6 cm³/mol. The molecule has 0 unspecified atom stereocenters. The van der Waals surface area contributed by atoms with Crippen molar-refractivity contribution in [3.63, 3.8) is 0 Å². The summed E-state index contributed by atoms with van der Waals surface area (Å²) in [6, 6.07) is 8.52. The van der Waals surface area contributed by atoms with E-state index in [0.29, 0.717) is 0 Å². The average molecular weight is 233 g/mol. The van der Waals surface area contributed by atoms with Crippen LogP contribution in [0.25, 0.3) is 0 Å². The Morgan fingerprint density at radius 1 is 1.35 bits per heavy atom. The lowest BCUT2D eigenvalue weighted by Gasteiger charge is -2.42. The van der Waals surface area contributed by atoms with Crippen LogP contribution in [0, 0.1) is 0 Å². The molecule has 0 bridgehead atoms. The number of benzene rings is 1. The Kier molecular flexibility index (Phi) is 4.06. The zero-order valence-corrected chi connectivity index (χ0v) is 11.0. The third kappa shape index (κ3) is 3.01. The fourth-order valence-electron chi connectivity index (χ4n) is 2.41. The lowest BCUT2D eigenvalue weighted by molar-refractivity contribution is -0.0139. The number of hydrogen-bond acceptors (Lipinski definition) is 2. The van der Waals surface area contributed by atoms with Crippen LogP contribution in [0.2, 0.25) is 0 Å². The van der Waals surface area contributed by atoms with E-state index in [1.807, 2.05) is 7.05 Å². The summed E-state index contributed by atoms with van der Waals surface area (Å²) in [6.45, 7) is 3.21. The first-order valence-electron chi connectivity index (χ1n) is 6.70. The van der Waals surface area contributed by atoms with E-state index in [-0.39, 0.29) is 5.60 Å². The molecule has 0 aliphatic heterocycles. The zero-order chi connectivity index (χ0) is 12.1. The Morgan fingerprint density at radius 3 is 2.76 bits per heavy atom. The summed E-state index contributed by atoms with van der Waals surface area (Å²) in [5.41, 5.74) is 1.46. The molecule has 1 aromatic carbocycles. The molecule has 2 heteroatoms. The van der Waals surface area contributed by atoms with Crippen molar-refractivity contribution in [2.45, 2.75) is 44.6 Å². The topological polar surface area (TPSA) is 21.3 Å². The largest absolute Gasteiger partial charge is 0.487 e. The van der Waals surface area contributed by atoms with Crippen molar-refractivity contribution in [1.82, 2.24) is 5.32 Å². The van der Waals surface area contributed by atoms with Crippen molar-refractivity contribution >= 4 is 0 Å². The van der Waals surface area contributed by atoms with Crippen molar-refractivity contribution in [3.8, 4) is 5.75 Å². The van der Waals surface area contributed by atoms with E-state index in [1.165, 1.54) is 24.8 Å². The van der Waals surface area contributed by atoms with Crippen molar-refractivity contribution in [3.05, 3.63) is 29.8 Å². The second kappa shape index (κ2) is 5.54. The van der Waals surface area contributed by atoms with Crippen molar-refractivity contribution in [1.29, 1.82) is 0 Å². The first-order valence-corrected chi connectivity index (χ1v) is 6.70. The molecule has 0 heterocycles. The van der Waals surface area contributed by atoms with Gasteiger partial charge in [0.15, 0.2) is 0 Å². The maximum atomic E-state index is 6.24. The summed E-state index contributed by atoms with van der Waals surface area (Å²) in [5.74, 6) is 1.04. The van der Waals surface area contributed by atoms with Gasteiger partial charge in [-0.15, -0.1) is 0 Å². The second-order valence-electron chi connectivity index (χ2n) is 4.99. The minimum absolute atomic E-state index is 0.107. The standard InChI is InChI=1S/C15H23NO/c1-3-13-6-4-7-14(12-13)17-15(8-5-9-15)10-11-16-2/h4,6-7,12,16H,3,5,8-11H2,1-2H3. The van der Waals surface area contributed by atoms with E-state index in [0.717, 1.165) is 25.1 Å². The summed E-state index contributed by atoms with van der Waals surface area (Å²) in [5, 5.41) is 3.22. The van der Waals surface area contributed by atoms with Crippen LogP contribution in [0.1, 0.15) is 38.2 Å². The highest BCUT2D eigenvalue weighted by Crippen LogP contribution is 2.39. The fourth-order valence-corrected chi connectivity index (χ4v) is 2.41. The third-order valence-corrected chi connectivity index (χ3v) is 3.74. The molecule has 1 N–H and O–H groups in total. The molecule has 17 heavy (non-hydrogen) atoms. The van der Waals surface area contributed by atoms with Crippen LogP contribution in [-0.4, -0.2) is 19.2 Å². The van der Waals surface area contributed by atoms with Gasteiger partial charge in [-0.3, -0.25) is 0 Å². The van der Waals surface area contributed by atoms with Crippen LogP contribution in [0.5, 0.6) is 5.75 Å². The number of rotatable bonds is 6. The van der Waals surface area contributed by atoms with Crippen molar-refractivity contribution in [2.75, 3.05) is 13.6 Å². The maximum Gasteiger partial charge on any atom is 0.120 e. The minimum Gasteiger partial charge on any atom is -0.487 e. The number of aryl methyl sites for hydroxylation is 1. The Morgan fingerprint density at radius 2 is 2.18 bits per heavy atom. The van der Waals surface area contributed by atoms with Crippen LogP contribution in [0.3, 0.4) is 0 Å². The highest BCUT2D eigenvalue weighted by molar-refractivity contribution is 5.29. The molecule has 0 amide bonds. The van der Waals surface area contributed by atoms with Crippen LogP contribution < -0.4 is 10.1 Å². The van der Waals surface area contributed by atoms with Gasteiger partial charge in [0.25, 0.3) is 0 Å². The smallest absolute Gasteiger partial charge is 0.120 e. The quantitative estimate of drug-likeness (QED) is 0.815. The summed E-state index contributed by atoms with van der Waals surface area (Å²) >= 11 is 0. The van der Waals surface area contributed by atoms with Gasteiger partial charge >= 0.3 is 0 Å². The molecule has 0 spiro atoms. The molecule has 0 aromatic heterocycles. The predicted octanol–water partition coefficient (Wildman–Crippen LogP) is 3.16. The summed E-state index contributed by atoms with van der Waals surface area (Å²) in [7, 11) is 2.00. The Balaban J connectivity index is 2.02. The molecule has 94 valence electrons. The van der Waals surface area contributed by atoms with Crippen molar-refractivity contribution in [2.24, 2.45) is 0 Å². The van der Waals surface area contributed by atoms with Gasteiger partial charge in [-0.05, 0) is 63.4 Å². The number of nitrogens with one attached hydrogen (secondary N) is 1. The van der Waals surface area contributed by atoms with E-state index in [1.54, 1.807) is 0 Å². The first-order chi connectivity index (χ1) is 8.28. The Bertz CT molecular complexity index is 358. The van der Waals surface area contributed by atoms with Gasteiger partial charge in [0.05, 0.1) is 0 Å². The Labute approximate surface area is 104 Å². The number of ether oxygens (including phenoxy) is 1. The lowest BCUT2D eigenvalue weighted by atomic mass is 9.77. The average Bonchev–Trinajstić information content (AvgIpc) is 2.32. The Hall–Kier alpha value is -1.02. The first kappa shape index (κ1) is 12.4. The van der Waals surface area contributed by atoms with E-state index in [4.69, 9.17) is 4.74 Å². The van der Waals surface area contributed by atoms with Crippen molar-refractivity contribution < 1.29 is 4.74 Å². The maximum absolute atomic E-state index is 6.24. The molecule has 0 saturated heterocycles. The second-order valence-corrected chi connectivity index (χ2v) is 4.99. The monoisotopic (exact) mass is 233 g/mol. The molecule has 1 aliphatic rings.